The summed E-state index contributed by atoms with van der Waals surface area (Å²) in [5.74, 6) is -0.996. The maximum atomic E-state index is 13.4. The highest BCUT2D eigenvalue weighted by Gasteiger charge is 2.42. The van der Waals surface area contributed by atoms with E-state index in [9.17, 15) is 18.0 Å². The number of sulfonamides is 1. The third kappa shape index (κ3) is 3.84. The third-order valence-electron chi connectivity index (χ3n) is 4.68. The largest absolute Gasteiger partial charge is 0.368 e. The molecule has 0 atom stereocenters. The molecular formula is C20H28N2O4S. The molecule has 0 heterocycles. The van der Waals surface area contributed by atoms with Gasteiger partial charge in [0.15, 0.2) is 4.91 Å². The second-order valence-corrected chi connectivity index (χ2v) is 8.33. The highest BCUT2D eigenvalue weighted by Crippen LogP contribution is 2.33. The smallest absolute Gasteiger partial charge is 0.249 e. The van der Waals surface area contributed by atoms with Crippen molar-refractivity contribution in [3.8, 4) is 0 Å². The van der Waals surface area contributed by atoms with E-state index in [1.807, 2.05) is 27.7 Å². The fourth-order valence-electron chi connectivity index (χ4n) is 3.39. The summed E-state index contributed by atoms with van der Waals surface area (Å²) in [6.07, 6.45) is 1.26. The molecule has 1 aliphatic carbocycles. The fourth-order valence-corrected chi connectivity index (χ4v) is 5.30. The number of carbonyl (C=O) groups is 2. The van der Waals surface area contributed by atoms with Crippen molar-refractivity contribution >= 4 is 21.6 Å². The van der Waals surface area contributed by atoms with E-state index in [4.69, 9.17) is 0 Å². The van der Waals surface area contributed by atoms with E-state index in [1.54, 1.807) is 23.1 Å². The average Bonchev–Trinajstić information content (AvgIpc) is 2.66. The molecule has 0 saturated heterocycles. The minimum Gasteiger partial charge on any atom is -0.368 e. The summed E-state index contributed by atoms with van der Waals surface area (Å²) in [6, 6.07) is 6.43. The van der Waals surface area contributed by atoms with Gasteiger partial charge in [-0.1, -0.05) is 38.1 Å². The molecular weight excluding hydrogens is 364 g/mol. The van der Waals surface area contributed by atoms with Crippen molar-refractivity contribution in [2.24, 2.45) is 0 Å². The Morgan fingerprint density at radius 3 is 1.74 bits per heavy atom. The van der Waals surface area contributed by atoms with Crippen molar-refractivity contribution in [3.05, 3.63) is 46.0 Å². The molecule has 0 aliphatic heterocycles. The number of hydrogen-bond donors (Lipinski definition) is 0. The van der Waals surface area contributed by atoms with Crippen LogP contribution in [0.5, 0.6) is 0 Å². The van der Waals surface area contributed by atoms with Crippen molar-refractivity contribution in [1.29, 1.82) is 0 Å². The van der Waals surface area contributed by atoms with Crippen LogP contribution >= 0.6 is 0 Å². The van der Waals surface area contributed by atoms with Crippen LogP contribution in [0.15, 0.2) is 34.9 Å². The van der Waals surface area contributed by atoms with Crippen molar-refractivity contribution in [2.75, 3.05) is 26.2 Å². The van der Waals surface area contributed by atoms with Crippen molar-refractivity contribution < 1.29 is 18.0 Å². The maximum absolute atomic E-state index is 13.4. The average molecular weight is 393 g/mol. The lowest BCUT2D eigenvalue weighted by Gasteiger charge is -2.31. The van der Waals surface area contributed by atoms with Crippen LogP contribution in [0.1, 0.15) is 61.3 Å². The van der Waals surface area contributed by atoms with Crippen LogP contribution in [-0.2, 0) is 10.0 Å². The van der Waals surface area contributed by atoms with Gasteiger partial charge in [0, 0.05) is 37.3 Å². The number of nitrogens with zero attached hydrogens (tertiary/aromatic N) is 2. The van der Waals surface area contributed by atoms with Crippen LogP contribution in [0.4, 0.5) is 0 Å². The summed E-state index contributed by atoms with van der Waals surface area (Å²) in [4.78, 5) is 27.7. The van der Waals surface area contributed by atoms with Gasteiger partial charge in [-0.3, -0.25) is 9.59 Å². The fraction of sp³-hybridized carbons (Fsp3) is 0.500. The molecule has 0 fully saturated rings. The molecule has 7 heteroatoms. The van der Waals surface area contributed by atoms with E-state index in [-0.39, 0.29) is 21.7 Å². The first-order chi connectivity index (χ1) is 12.8. The molecule has 1 aliphatic rings. The molecule has 6 nitrogen and oxygen atoms in total. The first-order valence-electron chi connectivity index (χ1n) is 9.52. The normalized spacial score (nSPS) is 14.7. The van der Waals surface area contributed by atoms with Gasteiger partial charge >= 0.3 is 0 Å². The van der Waals surface area contributed by atoms with Gasteiger partial charge in [-0.05, 0) is 26.7 Å². The molecule has 0 unspecified atom stereocenters. The molecule has 1 aromatic rings. The van der Waals surface area contributed by atoms with Crippen molar-refractivity contribution in [2.45, 2.75) is 40.5 Å². The number of carbonyl (C=O) groups excluding carboxylic acids is 2. The molecule has 0 radical (unpaired) electrons. The number of fused-ring (bicyclic) bond motifs is 1. The minimum absolute atomic E-state index is 0.000839. The zero-order chi connectivity index (χ0) is 20.2. The molecule has 27 heavy (non-hydrogen) atoms. The molecule has 0 amide bonds. The quantitative estimate of drug-likeness (QED) is 0.646. The van der Waals surface area contributed by atoms with Crippen LogP contribution in [0, 0.1) is 0 Å². The Morgan fingerprint density at radius 2 is 1.30 bits per heavy atom. The van der Waals surface area contributed by atoms with Gasteiger partial charge in [-0.15, -0.1) is 0 Å². The maximum Gasteiger partial charge on any atom is 0.249 e. The van der Waals surface area contributed by atoms with Crippen LogP contribution in [-0.4, -0.2) is 55.4 Å². The van der Waals surface area contributed by atoms with Crippen LogP contribution in [0.2, 0.25) is 0 Å². The number of hydrogen-bond acceptors (Lipinski definition) is 5. The summed E-state index contributed by atoms with van der Waals surface area (Å²) in [7, 11) is -4.09. The van der Waals surface area contributed by atoms with Gasteiger partial charge in [0.25, 0.3) is 0 Å². The van der Waals surface area contributed by atoms with Gasteiger partial charge in [-0.25, -0.2) is 8.42 Å². The summed E-state index contributed by atoms with van der Waals surface area (Å²) >= 11 is 0. The Hall–Kier alpha value is -1.99. The van der Waals surface area contributed by atoms with E-state index in [1.165, 1.54) is 10.4 Å². The Kier molecular flexibility index (Phi) is 6.95. The molecule has 1 aromatic carbocycles. The number of ketones is 2. The first-order valence-corrected chi connectivity index (χ1v) is 11.0. The Bertz CT molecular complexity index is 848. The predicted molar refractivity (Wildman–Crippen MR) is 106 cm³/mol. The lowest BCUT2D eigenvalue weighted by Crippen LogP contribution is -2.42. The van der Waals surface area contributed by atoms with E-state index < -0.39 is 21.6 Å². The van der Waals surface area contributed by atoms with Gasteiger partial charge in [0.05, 0.1) is 0 Å². The van der Waals surface area contributed by atoms with Crippen molar-refractivity contribution in [3.63, 3.8) is 0 Å². The van der Waals surface area contributed by atoms with E-state index in [0.29, 0.717) is 39.0 Å². The Labute approximate surface area is 161 Å². The second kappa shape index (κ2) is 8.80. The zero-order valence-corrected chi connectivity index (χ0v) is 17.3. The van der Waals surface area contributed by atoms with Crippen molar-refractivity contribution in [1.82, 2.24) is 9.21 Å². The summed E-state index contributed by atoms with van der Waals surface area (Å²) < 4.78 is 28.2. The van der Waals surface area contributed by atoms with Gasteiger partial charge in [0.1, 0.15) is 5.70 Å². The standard InChI is InChI=1S/C20H28N2O4S/c1-5-13-22(14-6-2)27(25,26)20-17(21(7-3)8-4)18(23)15-11-9-10-12-16(15)19(20)24/h9-12H,5-8,13-14H2,1-4H3. The molecule has 0 bridgehead atoms. The monoisotopic (exact) mass is 392 g/mol. The summed E-state index contributed by atoms with van der Waals surface area (Å²) in [6.45, 7) is 8.97. The lowest BCUT2D eigenvalue weighted by atomic mass is 9.92. The number of rotatable bonds is 9. The van der Waals surface area contributed by atoms with Crippen LogP contribution < -0.4 is 0 Å². The molecule has 0 saturated carbocycles. The summed E-state index contributed by atoms with van der Waals surface area (Å²) in [5, 5.41) is 0. The molecule has 0 spiro atoms. The number of Topliss-reactive ketones (excluding diaryl/α,β-unsaturated/α-hetero) is 2. The molecule has 0 N–H and O–H groups in total. The number of benzene rings is 1. The highest BCUT2D eigenvalue weighted by atomic mass is 32.2. The zero-order valence-electron chi connectivity index (χ0n) is 16.5. The second-order valence-electron chi connectivity index (χ2n) is 6.46. The number of allylic oxidation sites excluding steroid dienone is 2. The minimum atomic E-state index is -4.09. The van der Waals surface area contributed by atoms with Gasteiger partial charge in [-0.2, -0.15) is 4.31 Å². The Morgan fingerprint density at radius 1 is 0.815 bits per heavy atom. The lowest BCUT2D eigenvalue weighted by molar-refractivity contribution is 0.0948. The molecule has 2 rings (SSSR count). The third-order valence-corrected chi connectivity index (χ3v) is 6.62. The van der Waals surface area contributed by atoms with E-state index >= 15 is 0 Å². The SMILES string of the molecule is CCCN(CCC)S(=O)(=O)C1=C(N(CC)CC)C(=O)c2ccccc2C1=O. The molecule has 148 valence electrons. The summed E-state index contributed by atoms with van der Waals surface area (Å²) in [5.41, 5.74) is 0.423. The van der Waals surface area contributed by atoms with E-state index in [0.717, 1.165) is 0 Å². The Balaban J connectivity index is 2.78. The first kappa shape index (κ1) is 21.3. The topological polar surface area (TPSA) is 74.8 Å². The van der Waals surface area contributed by atoms with Crippen LogP contribution in [0.3, 0.4) is 0 Å². The molecule has 0 aromatic heterocycles. The number of likely N-dealkylation sites (N-methyl/N-ethyl adjacent to an activating group) is 1. The van der Waals surface area contributed by atoms with E-state index in [2.05, 4.69) is 0 Å². The van der Waals surface area contributed by atoms with Gasteiger partial charge in [0.2, 0.25) is 21.6 Å². The van der Waals surface area contributed by atoms with Gasteiger partial charge < -0.3 is 4.90 Å². The predicted octanol–water partition coefficient (Wildman–Crippen LogP) is 3.07. The van der Waals surface area contributed by atoms with Crippen LogP contribution in [0.25, 0.3) is 0 Å². The highest BCUT2D eigenvalue weighted by molar-refractivity contribution is 7.94.